The van der Waals surface area contributed by atoms with Gasteiger partial charge in [0.2, 0.25) is 0 Å². The van der Waals surface area contributed by atoms with Gasteiger partial charge in [0.25, 0.3) is 0 Å². The number of thiophene rings is 1. The summed E-state index contributed by atoms with van der Waals surface area (Å²) in [6, 6.07) is 10.5. The zero-order valence-corrected chi connectivity index (χ0v) is 13.0. The van der Waals surface area contributed by atoms with Crippen LogP contribution in [0.3, 0.4) is 0 Å². The van der Waals surface area contributed by atoms with Crippen molar-refractivity contribution in [3.63, 3.8) is 0 Å². The topological polar surface area (TPSA) is 37.8 Å². The van der Waals surface area contributed by atoms with E-state index >= 15 is 0 Å². The quantitative estimate of drug-likeness (QED) is 0.708. The molecule has 3 nitrogen and oxygen atoms in total. The van der Waals surface area contributed by atoms with Crippen LogP contribution in [0.2, 0.25) is 0 Å². The SMILES string of the molecule is CCc1cc2c(Nc3cccc(SC)c3)ncnc2s1. The monoisotopic (exact) mass is 301 g/mol. The lowest BCUT2D eigenvalue weighted by Crippen LogP contribution is -1.94. The summed E-state index contributed by atoms with van der Waals surface area (Å²) in [5.74, 6) is 0.879. The minimum absolute atomic E-state index is 0.879. The van der Waals surface area contributed by atoms with E-state index in [1.165, 1.54) is 9.77 Å². The lowest BCUT2D eigenvalue weighted by atomic mass is 10.3. The van der Waals surface area contributed by atoms with Crippen molar-refractivity contribution in [1.82, 2.24) is 9.97 Å². The van der Waals surface area contributed by atoms with Gasteiger partial charge in [-0.05, 0) is 36.9 Å². The van der Waals surface area contributed by atoms with Crippen LogP contribution in [0.1, 0.15) is 11.8 Å². The van der Waals surface area contributed by atoms with Crippen LogP contribution in [0.25, 0.3) is 10.2 Å². The molecule has 0 saturated carbocycles. The van der Waals surface area contributed by atoms with Gasteiger partial charge in [0.15, 0.2) is 0 Å². The average molecular weight is 301 g/mol. The van der Waals surface area contributed by atoms with Crippen LogP contribution in [0.5, 0.6) is 0 Å². The average Bonchev–Trinajstić information content (AvgIpc) is 2.92. The molecule has 2 heterocycles. The molecule has 20 heavy (non-hydrogen) atoms. The molecular weight excluding hydrogens is 286 g/mol. The van der Waals surface area contributed by atoms with E-state index in [0.29, 0.717) is 0 Å². The second-order valence-corrected chi connectivity index (χ2v) is 6.36. The first-order valence-corrected chi connectivity index (χ1v) is 8.48. The number of thioether (sulfide) groups is 1. The number of nitrogens with zero attached hydrogens (tertiary/aromatic N) is 2. The lowest BCUT2D eigenvalue weighted by molar-refractivity contribution is 1.19. The molecule has 102 valence electrons. The van der Waals surface area contributed by atoms with E-state index in [9.17, 15) is 0 Å². The number of nitrogens with one attached hydrogen (secondary N) is 1. The molecule has 1 N–H and O–H groups in total. The third kappa shape index (κ3) is 2.64. The zero-order chi connectivity index (χ0) is 13.9. The molecule has 0 aliphatic carbocycles. The van der Waals surface area contributed by atoms with Gasteiger partial charge >= 0.3 is 0 Å². The Morgan fingerprint density at radius 1 is 1.25 bits per heavy atom. The van der Waals surface area contributed by atoms with Crippen molar-refractivity contribution >= 4 is 44.8 Å². The fourth-order valence-corrected chi connectivity index (χ4v) is 3.41. The van der Waals surface area contributed by atoms with Crippen LogP contribution in [0.15, 0.2) is 41.6 Å². The summed E-state index contributed by atoms with van der Waals surface area (Å²) >= 11 is 3.47. The van der Waals surface area contributed by atoms with Gasteiger partial charge in [-0.15, -0.1) is 23.1 Å². The van der Waals surface area contributed by atoms with Crippen molar-refractivity contribution in [2.24, 2.45) is 0 Å². The Balaban J connectivity index is 1.99. The molecule has 3 aromatic rings. The van der Waals surface area contributed by atoms with Crippen molar-refractivity contribution in [3.8, 4) is 0 Å². The molecular formula is C15H15N3S2. The second kappa shape index (κ2) is 5.81. The molecule has 0 saturated heterocycles. The molecule has 2 aromatic heterocycles. The van der Waals surface area contributed by atoms with Crippen molar-refractivity contribution < 1.29 is 0 Å². The molecule has 5 heteroatoms. The van der Waals surface area contributed by atoms with E-state index in [1.54, 1.807) is 29.4 Å². The first-order chi connectivity index (χ1) is 9.80. The van der Waals surface area contributed by atoms with E-state index in [4.69, 9.17) is 0 Å². The number of benzene rings is 1. The molecule has 0 unspecified atom stereocenters. The van der Waals surface area contributed by atoms with Gasteiger partial charge < -0.3 is 5.32 Å². The highest BCUT2D eigenvalue weighted by Gasteiger charge is 2.08. The van der Waals surface area contributed by atoms with E-state index < -0.39 is 0 Å². The van der Waals surface area contributed by atoms with Crippen LogP contribution < -0.4 is 5.32 Å². The zero-order valence-electron chi connectivity index (χ0n) is 11.4. The highest BCUT2D eigenvalue weighted by Crippen LogP contribution is 2.30. The van der Waals surface area contributed by atoms with Crippen LogP contribution in [0.4, 0.5) is 11.5 Å². The molecule has 0 bridgehead atoms. The molecule has 0 aliphatic heterocycles. The van der Waals surface area contributed by atoms with Crippen molar-refractivity contribution in [2.75, 3.05) is 11.6 Å². The van der Waals surface area contributed by atoms with Crippen LogP contribution in [0, 0.1) is 0 Å². The predicted octanol–water partition coefficient (Wildman–Crippen LogP) is 4.72. The van der Waals surface area contributed by atoms with Gasteiger partial charge in [0.05, 0.1) is 5.39 Å². The third-order valence-electron chi connectivity index (χ3n) is 3.06. The van der Waals surface area contributed by atoms with Gasteiger partial charge in [0.1, 0.15) is 17.0 Å². The van der Waals surface area contributed by atoms with Gasteiger partial charge in [-0.2, -0.15) is 0 Å². The van der Waals surface area contributed by atoms with Crippen molar-refractivity contribution in [1.29, 1.82) is 0 Å². The predicted molar refractivity (Wildman–Crippen MR) is 88.3 cm³/mol. The first kappa shape index (κ1) is 13.4. The van der Waals surface area contributed by atoms with Crippen LogP contribution >= 0.6 is 23.1 Å². The number of hydrogen-bond donors (Lipinski definition) is 1. The molecule has 0 amide bonds. The molecule has 1 aromatic carbocycles. The number of aromatic nitrogens is 2. The van der Waals surface area contributed by atoms with E-state index in [-0.39, 0.29) is 0 Å². The summed E-state index contributed by atoms with van der Waals surface area (Å²) in [6.45, 7) is 2.16. The number of hydrogen-bond acceptors (Lipinski definition) is 5. The largest absolute Gasteiger partial charge is 0.340 e. The fraction of sp³-hybridized carbons (Fsp3) is 0.200. The second-order valence-electron chi connectivity index (χ2n) is 4.36. The Morgan fingerprint density at radius 3 is 2.95 bits per heavy atom. The molecule has 0 radical (unpaired) electrons. The van der Waals surface area contributed by atoms with E-state index in [0.717, 1.165) is 28.1 Å². The van der Waals surface area contributed by atoms with E-state index in [1.807, 2.05) is 0 Å². The standard InChI is InChI=1S/C15H15N3S2/c1-3-11-8-13-14(16-9-17-15(13)20-11)18-10-5-4-6-12(7-10)19-2/h4-9H,3H2,1-2H3,(H,16,17,18). The normalized spacial score (nSPS) is 10.9. The smallest absolute Gasteiger partial charge is 0.142 e. The van der Waals surface area contributed by atoms with Gasteiger partial charge in [-0.25, -0.2) is 9.97 Å². The highest BCUT2D eigenvalue weighted by molar-refractivity contribution is 7.98. The summed E-state index contributed by atoms with van der Waals surface area (Å²) in [5.41, 5.74) is 1.06. The Kier molecular flexibility index (Phi) is 3.89. The Bertz CT molecular complexity index is 737. The number of anilines is 2. The summed E-state index contributed by atoms with van der Waals surface area (Å²) in [7, 11) is 0. The minimum atomic E-state index is 0.879. The maximum Gasteiger partial charge on any atom is 0.142 e. The molecule has 3 rings (SSSR count). The van der Waals surface area contributed by atoms with Crippen LogP contribution in [-0.2, 0) is 6.42 Å². The summed E-state index contributed by atoms with van der Waals surface area (Å²) < 4.78 is 0. The fourth-order valence-electron chi connectivity index (χ4n) is 2.02. The van der Waals surface area contributed by atoms with Crippen molar-refractivity contribution in [2.45, 2.75) is 18.2 Å². The highest BCUT2D eigenvalue weighted by atomic mass is 32.2. The number of aryl methyl sites for hydroxylation is 1. The van der Waals surface area contributed by atoms with Crippen LogP contribution in [-0.4, -0.2) is 16.2 Å². The molecule has 0 fully saturated rings. The Hall–Kier alpha value is -1.59. The summed E-state index contributed by atoms with van der Waals surface area (Å²) in [4.78, 5) is 12.3. The number of fused-ring (bicyclic) bond motifs is 1. The first-order valence-electron chi connectivity index (χ1n) is 6.44. The Morgan fingerprint density at radius 2 is 2.15 bits per heavy atom. The summed E-state index contributed by atoms with van der Waals surface area (Å²) in [6.07, 6.45) is 4.73. The summed E-state index contributed by atoms with van der Waals surface area (Å²) in [5, 5.41) is 4.50. The van der Waals surface area contributed by atoms with Gasteiger partial charge in [0, 0.05) is 15.5 Å². The molecule has 0 aliphatic rings. The molecule has 0 spiro atoms. The third-order valence-corrected chi connectivity index (χ3v) is 4.97. The van der Waals surface area contributed by atoms with Crippen molar-refractivity contribution in [3.05, 3.63) is 41.5 Å². The van der Waals surface area contributed by atoms with E-state index in [2.05, 4.69) is 58.8 Å². The maximum absolute atomic E-state index is 4.38. The Labute approximate surface area is 126 Å². The minimum Gasteiger partial charge on any atom is -0.340 e. The number of rotatable bonds is 4. The maximum atomic E-state index is 4.38. The lowest BCUT2D eigenvalue weighted by Gasteiger charge is -2.07. The van der Waals surface area contributed by atoms with Gasteiger partial charge in [-0.1, -0.05) is 13.0 Å². The van der Waals surface area contributed by atoms with Gasteiger partial charge in [-0.3, -0.25) is 0 Å². The molecule has 0 atom stereocenters.